The van der Waals surface area contributed by atoms with Gasteiger partial charge in [0.15, 0.2) is 0 Å². The summed E-state index contributed by atoms with van der Waals surface area (Å²) in [5.74, 6) is 1.12. The Morgan fingerprint density at radius 1 is 1.30 bits per heavy atom. The molecular formula is C16H31N3O. The normalized spacial score (nSPS) is 24.6. The molecule has 0 aromatic rings. The summed E-state index contributed by atoms with van der Waals surface area (Å²) in [6, 6.07) is 0.110. The number of carbonyl (C=O) groups excluding carboxylic acids is 1. The number of hydrogen-bond acceptors (Lipinski definition) is 3. The number of nitrogens with zero attached hydrogens (tertiary/aromatic N) is 2. The topological polar surface area (TPSA) is 35.6 Å². The Kier molecular flexibility index (Phi) is 6.30. The second-order valence-corrected chi connectivity index (χ2v) is 6.53. The molecule has 2 aliphatic rings. The fourth-order valence-corrected chi connectivity index (χ4v) is 3.41. The largest absolute Gasteiger partial charge is 0.341 e. The number of unbranched alkanes of at least 4 members (excludes halogenated alkanes) is 1. The van der Waals surface area contributed by atoms with Crippen LogP contribution in [0, 0.1) is 5.92 Å². The molecule has 0 spiro atoms. The van der Waals surface area contributed by atoms with Crippen LogP contribution in [0.5, 0.6) is 0 Å². The van der Waals surface area contributed by atoms with Gasteiger partial charge in [0.25, 0.3) is 0 Å². The van der Waals surface area contributed by atoms with Gasteiger partial charge in [-0.2, -0.15) is 0 Å². The summed E-state index contributed by atoms with van der Waals surface area (Å²) in [5.41, 5.74) is 0. The zero-order valence-electron chi connectivity index (χ0n) is 13.2. The van der Waals surface area contributed by atoms with Gasteiger partial charge in [0.2, 0.25) is 5.91 Å². The highest BCUT2D eigenvalue weighted by Gasteiger charge is 2.29. The van der Waals surface area contributed by atoms with Crippen molar-refractivity contribution in [2.24, 2.45) is 5.92 Å². The first-order chi connectivity index (χ1) is 9.70. The van der Waals surface area contributed by atoms with Crippen LogP contribution in [0.3, 0.4) is 0 Å². The van der Waals surface area contributed by atoms with Gasteiger partial charge >= 0.3 is 0 Å². The Balaban J connectivity index is 1.68. The first kappa shape index (κ1) is 15.8. The molecule has 0 unspecified atom stereocenters. The van der Waals surface area contributed by atoms with Gasteiger partial charge in [-0.15, -0.1) is 0 Å². The van der Waals surface area contributed by atoms with Crippen molar-refractivity contribution < 1.29 is 4.79 Å². The Morgan fingerprint density at radius 3 is 2.65 bits per heavy atom. The monoisotopic (exact) mass is 281 g/mol. The zero-order valence-corrected chi connectivity index (χ0v) is 13.2. The van der Waals surface area contributed by atoms with Crippen LogP contribution in [0.4, 0.5) is 0 Å². The summed E-state index contributed by atoms with van der Waals surface area (Å²) in [7, 11) is 2.23. The lowest BCUT2D eigenvalue weighted by Gasteiger charge is -2.35. The van der Waals surface area contributed by atoms with Gasteiger partial charge in [-0.05, 0) is 58.2 Å². The van der Waals surface area contributed by atoms with E-state index in [2.05, 4.69) is 29.1 Å². The summed E-state index contributed by atoms with van der Waals surface area (Å²) >= 11 is 0. The minimum Gasteiger partial charge on any atom is -0.341 e. The van der Waals surface area contributed by atoms with Crippen molar-refractivity contribution in [3.8, 4) is 0 Å². The molecule has 20 heavy (non-hydrogen) atoms. The van der Waals surface area contributed by atoms with Crippen molar-refractivity contribution in [1.82, 2.24) is 15.1 Å². The van der Waals surface area contributed by atoms with Crippen molar-refractivity contribution in [3.05, 3.63) is 0 Å². The smallest absolute Gasteiger partial charge is 0.239 e. The van der Waals surface area contributed by atoms with E-state index in [1.54, 1.807) is 0 Å². The quantitative estimate of drug-likeness (QED) is 0.805. The fourth-order valence-electron chi connectivity index (χ4n) is 3.41. The highest BCUT2D eigenvalue weighted by atomic mass is 16.2. The summed E-state index contributed by atoms with van der Waals surface area (Å²) in [6.45, 7) is 7.59. The first-order valence-corrected chi connectivity index (χ1v) is 8.41. The Hall–Kier alpha value is -0.610. The van der Waals surface area contributed by atoms with Crippen molar-refractivity contribution in [2.75, 3.05) is 39.8 Å². The average Bonchev–Trinajstić information content (AvgIpc) is 2.99. The summed E-state index contributed by atoms with van der Waals surface area (Å²) < 4.78 is 0. The standard InChI is InChI=1S/C16H31N3O/c1-3-4-10-18(2)13-14-7-11-19(12-8-14)16(20)15-6-5-9-17-15/h14-15,17H,3-13H2,1-2H3/t15-/m0/s1. The van der Waals surface area contributed by atoms with Gasteiger partial charge in [-0.3, -0.25) is 4.79 Å². The van der Waals surface area contributed by atoms with Gasteiger partial charge in [-0.1, -0.05) is 13.3 Å². The van der Waals surface area contributed by atoms with Gasteiger partial charge in [0, 0.05) is 19.6 Å². The molecule has 2 heterocycles. The SMILES string of the molecule is CCCCN(C)CC1CCN(C(=O)[C@@H]2CCCN2)CC1. The maximum Gasteiger partial charge on any atom is 0.239 e. The average molecular weight is 281 g/mol. The van der Waals surface area contributed by atoms with Gasteiger partial charge in [0.05, 0.1) is 6.04 Å². The molecule has 0 aromatic carbocycles. The van der Waals surface area contributed by atoms with Gasteiger partial charge in [0.1, 0.15) is 0 Å². The lowest BCUT2D eigenvalue weighted by atomic mass is 9.95. The molecular weight excluding hydrogens is 250 g/mol. The molecule has 1 atom stereocenters. The molecule has 2 rings (SSSR count). The van der Waals surface area contributed by atoms with Crippen molar-refractivity contribution in [3.63, 3.8) is 0 Å². The molecule has 0 radical (unpaired) electrons. The van der Waals surface area contributed by atoms with Crippen molar-refractivity contribution in [2.45, 2.75) is 51.5 Å². The number of carbonyl (C=O) groups is 1. The maximum atomic E-state index is 12.3. The van der Waals surface area contributed by atoms with E-state index in [1.807, 2.05) is 0 Å². The number of piperidine rings is 1. The predicted octanol–water partition coefficient (Wildman–Crippen LogP) is 1.71. The van der Waals surface area contributed by atoms with E-state index in [9.17, 15) is 4.79 Å². The molecule has 2 fully saturated rings. The fraction of sp³-hybridized carbons (Fsp3) is 0.938. The Morgan fingerprint density at radius 2 is 2.05 bits per heavy atom. The lowest BCUT2D eigenvalue weighted by Crippen LogP contribution is -2.47. The lowest BCUT2D eigenvalue weighted by molar-refractivity contribution is -0.134. The summed E-state index contributed by atoms with van der Waals surface area (Å²) in [6.07, 6.45) is 7.09. The highest BCUT2D eigenvalue weighted by molar-refractivity contribution is 5.82. The second-order valence-electron chi connectivity index (χ2n) is 6.53. The molecule has 0 bridgehead atoms. The van der Waals surface area contributed by atoms with E-state index >= 15 is 0 Å². The molecule has 2 saturated heterocycles. The molecule has 4 nitrogen and oxygen atoms in total. The van der Waals surface area contributed by atoms with Crippen LogP contribution in [-0.4, -0.2) is 61.5 Å². The van der Waals surface area contributed by atoms with Crippen molar-refractivity contribution >= 4 is 5.91 Å². The number of rotatable bonds is 6. The number of hydrogen-bond donors (Lipinski definition) is 1. The van der Waals surface area contributed by atoms with E-state index in [0.717, 1.165) is 38.4 Å². The third-order valence-corrected chi connectivity index (χ3v) is 4.75. The van der Waals surface area contributed by atoms with E-state index < -0.39 is 0 Å². The van der Waals surface area contributed by atoms with Crippen LogP contribution < -0.4 is 5.32 Å². The number of amides is 1. The molecule has 1 amide bonds. The predicted molar refractivity (Wildman–Crippen MR) is 82.7 cm³/mol. The maximum absolute atomic E-state index is 12.3. The Labute approximate surface area is 123 Å². The molecule has 1 N–H and O–H groups in total. The molecule has 116 valence electrons. The van der Waals surface area contributed by atoms with Crippen LogP contribution >= 0.6 is 0 Å². The second kappa shape index (κ2) is 7.99. The van der Waals surface area contributed by atoms with E-state index in [1.165, 1.54) is 38.8 Å². The molecule has 0 aromatic heterocycles. The number of nitrogens with one attached hydrogen (secondary N) is 1. The summed E-state index contributed by atoms with van der Waals surface area (Å²) in [4.78, 5) is 16.9. The first-order valence-electron chi connectivity index (χ1n) is 8.41. The molecule has 0 aliphatic carbocycles. The highest BCUT2D eigenvalue weighted by Crippen LogP contribution is 2.20. The van der Waals surface area contributed by atoms with Crippen LogP contribution in [-0.2, 0) is 4.79 Å². The number of likely N-dealkylation sites (tertiary alicyclic amines) is 1. The van der Waals surface area contributed by atoms with Gasteiger partial charge in [-0.25, -0.2) is 0 Å². The zero-order chi connectivity index (χ0) is 14.4. The van der Waals surface area contributed by atoms with Crippen LogP contribution in [0.25, 0.3) is 0 Å². The van der Waals surface area contributed by atoms with E-state index in [0.29, 0.717) is 5.91 Å². The Bertz CT molecular complexity index is 294. The van der Waals surface area contributed by atoms with Gasteiger partial charge < -0.3 is 15.1 Å². The minimum absolute atomic E-state index is 0.110. The van der Waals surface area contributed by atoms with Crippen LogP contribution in [0.15, 0.2) is 0 Å². The van der Waals surface area contributed by atoms with Crippen molar-refractivity contribution in [1.29, 1.82) is 0 Å². The van der Waals surface area contributed by atoms with E-state index in [4.69, 9.17) is 0 Å². The summed E-state index contributed by atoms with van der Waals surface area (Å²) in [5, 5.41) is 3.32. The third kappa shape index (κ3) is 4.45. The third-order valence-electron chi connectivity index (χ3n) is 4.75. The minimum atomic E-state index is 0.110. The molecule has 2 aliphatic heterocycles. The van der Waals surface area contributed by atoms with Crippen LogP contribution in [0.1, 0.15) is 45.4 Å². The van der Waals surface area contributed by atoms with Crippen LogP contribution in [0.2, 0.25) is 0 Å². The molecule has 0 saturated carbocycles. The molecule has 4 heteroatoms. The van der Waals surface area contributed by atoms with E-state index in [-0.39, 0.29) is 6.04 Å².